The van der Waals surface area contributed by atoms with Crippen LogP contribution in [0.1, 0.15) is 37.5 Å². The second-order valence-electron chi connectivity index (χ2n) is 4.10. The number of fused-ring (bicyclic) bond motifs is 3. The summed E-state index contributed by atoms with van der Waals surface area (Å²) in [6, 6.07) is 0. The van der Waals surface area contributed by atoms with E-state index in [9.17, 15) is 0 Å². The van der Waals surface area contributed by atoms with Gasteiger partial charge in [-0.25, -0.2) is 0 Å². The molecule has 1 heteroatoms. The topological polar surface area (TPSA) is 13.1 Å². The second-order valence-corrected chi connectivity index (χ2v) is 4.10. The molecule has 0 bridgehead atoms. The summed E-state index contributed by atoms with van der Waals surface area (Å²) in [5, 5.41) is 1.37. The molecule has 2 aliphatic carbocycles. The maximum atomic E-state index is 5.89. The Bertz CT molecular complexity index is 514. The number of hydrogen-bond acceptors (Lipinski definition) is 1. The Kier molecular flexibility index (Phi) is 1.66. The summed E-state index contributed by atoms with van der Waals surface area (Å²) in [6.45, 7) is 2.15. The van der Waals surface area contributed by atoms with Crippen molar-refractivity contribution in [2.24, 2.45) is 0 Å². The normalized spacial score (nSPS) is 18.8. The van der Waals surface area contributed by atoms with Crippen molar-refractivity contribution >= 4 is 17.7 Å². The molecule has 1 nitrogen and oxygen atoms in total. The van der Waals surface area contributed by atoms with Crippen molar-refractivity contribution in [2.45, 2.75) is 32.6 Å². The molecule has 0 spiro atoms. The van der Waals surface area contributed by atoms with Crippen LogP contribution in [-0.4, -0.2) is 0 Å². The van der Waals surface area contributed by atoms with Crippen LogP contribution in [0.5, 0.6) is 0 Å². The van der Waals surface area contributed by atoms with Crippen molar-refractivity contribution in [3.8, 4) is 0 Å². The van der Waals surface area contributed by atoms with Gasteiger partial charge in [0.2, 0.25) is 0 Å². The Balaban J connectivity index is 2.38. The first-order valence-corrected chi connectivity index (χ1v) is 5.35. The van der Waals surface area contributed by atoms with Crippen molar-refractivity contribution in [2.75, 3.05) is 0 Å². The molecule has 3 rings (SSSR count). The highest BCUT2D eigenvalue weighted by Gasteiger charge is 2.16. The smallest absolute Gasteiger partial charge is 0.133 e. The molecule has 1 heterocycles. The number of rotatable bonds is 0. The Morgan fingerprint density at radius 2 is 1.93 bits per heavy atom. The summed E-state index contributed by atoms with van der Waals surface area (Å²) in [4.78, 5) is 0. The first-order chi connectivity index (χ1) is 6.86. The summed E-state index contributed by atoms with van der Waals surface area (Å²) in [5.74, 6) is 1.13. The van der Waals surface area contributed by atoms with E-state index in [1.54, 1.807) is 0 Å². The minimum Gasteiger partial charge on any atom is -0.457 e. The van der Waals surface area contributed by atoms with E-state index in [4.69, 9.17) is 4.42 Å². The van der Waals surface area contributed by atoms with Gasteiger partial charge in [0.15, 0.2) is 0 Å². The van der Waals surface area contributed by atoms with Crippen molar-refractivity contribution in [3.05, 3.63) is 28.0 Å². The number of allylic oxidation sites excluding steroid dienone is 2. The van der Waals surface area contributed by atoms with E-state index < -0.39 is 0 Å². The second kappa shape index (κ2) is 2.88. The standard InChI is InChI=1S/C13H14O/c1-9-5-4-7-11-10-6-2-3-8-12(10)14-13(9)11/h5-6,8H,2-4,7H2,1H3. The zero-order valence-electron chi connectivity index (χ0n) is 8.47. The molecule has 0 aliphatic heterocycles. The fraction of sp³-hybridized carbons (Fsp3) is 0.385. The lowest BCUT2D eigenvalue weighted by atomic mass is 9.96. The fourth-order valence-electron chi connectivity index (χ4n) is 2.41. The minimum atomic E-state index is 1.11. The van der Waals surface area contributed by atoms with Gasteiger partial charge < -0.3 is 4.42 Å². The average molecular weight is 186 g/mol. The van der Waals surface area contributed by atoms with Gasteiger partial charge in [0.1, 0.15) is 11.2 Å². The Morgan fingerprint density at radius 3 is 2.86 bits per heavy atom. The van der Waals surface area contributed by atoms with E-state index in [1.165, 1.54) is 29.2 Å². The van der Waals surface area contributed by atoms with Crippen LogP contribution in [-0.2, 0) is 6.42 Å². The molecule has 0 saturated heterocycles. The molecule has 0 aromatic carbocycles. The zero-order valence-corrected chi connectivity index (χ0v) is 8.47. The van der Waals surface area contributed by atoms with Gasteiger partial charge >= 0.3 is 0 Å². The highest BCUT2D eigenvalue weighted by molar-refractivity contribution is 5.65. The van der Waals surface area contributed by atoms with E-state index in [2.05, 4.69) is 25.2 Å². The summed E-state index contributed by atoms with van der Waals surface area (Å²) < 4.78 is 5.89. The third kappa shape index (κ3) is 1.02. The minimum absolute atomic E-state index is 1.11. The van der Waals surface area contributed by atoms with Crippen molar-refractivity contribution < 1.29 is 4.42 Å². The van der Waals surface area contributed by atoms with E-state index in [0.29, 0.717) is 0 Å². The Hall–Kier alpha value is -1.24. The third-order valence-electron chi connectivity index (χ3n) is 3.12. The quantitative estimate of drug-likeness (QED) is 0.604. The Labute approximate surface area is 83.4 Å². The van der Waals surface area contributed by atoms with Crippen LogP contribution in [0.4, 0.5) is 0 Å². The van der Waals surface area contributed by atoms with E-state index in [1.807, 2.05) is 0 Å². The maximum absolute atomic E-state index is 5.89. The van der Waals surface area contributed by atoms with Crippen molar-refractivity contribution in [3.63, 3.8) is 0 Å². The maximum Gasteiger partial charge on any atom is 0.133 e. The first-order valence-electron chi connectivity index (χ1n) is 5.35. The monoisotopic (exact) mass is 186 g/mol. The van der Waals surface area contributed by atoms with E-state index in [0.717, 1.165) is 24.0 Å². The molecule has 2 aliphatic rings. The lowest BCUT2D eigenvalue weighted by Crippen LogP contribution is -2.25. The van der Waals surface area contributed by atoms with Gasteiger partial charge in [-0.3, -0.25) is 0 Å². The summed E-state index contributed by atoms with van der Waals surface area (Å²) in [6.07, 6.45) is 11.4. The largest absolute Gasteiger partial charge is 0.457 e. The van der Waals surface area contributed by atoms with E-state index in [-0.39, 0.29) is 0 Å². The summed E-state index contributed by atoms with van der Waals surface area (Å²) >= 11 is 0. The fourth-order valence-corrected chi connectivity index (χ4v) is 2.41. The van der Waals surface area contributed by atoms with Crippen LogP contribution in [0.2, 0.25) is 0 Å². The molecule has 1 aromatic rings. The third-order valence-corrected chi connectivity index (χ3v) is 3.12. The van der Waals surface area contributed by atoms with Gasteiger partial charge in [-0.2, -0.15) is 0 Å². The molecule has 0 fully saturated rings. The predicted octanol–water partition coefficient (Wildman–Crippen LogP) is 1.98. The molecular weight excluding hydrogens is 172 g/mol. The molecule has 0 saturated carbocycles. The molecule has 0 N–H and O–H groups in total. The Morgan fingerprint density at radius 1 is 1.07 bits per heavy atom. The van der Waals surface area contributed by atoms with Gasteiger partial charge in [-0.15, -0.1) is 0 Å². The van der Waals surface area contributed by atoms with Crippen LogP contribution >= 0.6 is 0 Å². The van der Waals surface area contributed by atoms with Gasteiger partial charge in [0.05, 0.1) is 0 Å². The zero-order chi connectivity index (χ0) is 9.54. The predicted molar refractivity (Wildman–Crippen MR) is 58.1 cm³/mol. The van der Waals surface area contributed by atoms with Crippen LogP contribution in [0, 0.1) is 0 Å². The molecule has 72 valence electrons. The van der Waals surface area contributed by atoms with Crippen LogP contribution in [0.3, 0.4) is 0 Å². The molecule has 0 atom stereocenters. The van der Waals surface area contributed by atoms with Crippen molar-refractivity contribution in [1.82, 2.24) is 0 Å². The SMILES string of the molecule is CC1=CCCc2c1oc1c2=CCCC=1. The van der Waals surface area contributed by atoms with Gasteiger partial charge in [-0.05, 0) is 44.3 Å². The average Bonchev–Trinajstić information content (AvgIpc) is 2.59. The lowest BCUT2D eigenvalue weighted by molar-refractivity contribution is 0.511. The van der Waals surface area contributed by atoms with Crippen LogP contribution in [0.25, 0.3) is 17.7 Å². The van der Waals surface area contributed by atoms with Gasteiger partial charge in [0.25, 0.3) is 0 Å². The molecule has 1 aromatic heterocycles. The van der Waals surface area contributed by atoms with Gasteiger partial charge in [0, 0.05) is 10.8 Å². The molecule has 0 radical (unpaired) electrons. The van der Waals surface area contributed by atoms with E-state index >= 15 is 0 Å². The lowest BCUT2D eigenvalue weighted by Gasteiger charge is -2.07. The molecule has 0 amide bonds. The van der Waals surface area contributed by atoms with Crippen molar-refractivity contribution in [1.29, 1.82) is 0 Å². The van der Waals surface area contributed by atoms with Gasteiger partial charge in [-0.1, -0.05) is 12.2 Å². The number of hydrogen-bond donors (Lipinski definition) is 0. The molecule has 0 unspecified atom stereocenters. The molecule has 14 heavy (non-hydrogen) atoms. The first kappa shape index (κ1) is 8.10. The van der Waals surface area contributed by atoms with Crippen LogP contribution < -0.4 is 10.6 Å². The number of furan rings is 1. The summed E-state index contributed by atoms with van der Waals surface area (Å²) in [7, 11) is 0. The van der Waals surface area contributed by atoms with Crippen LogP contribution in [0.15, 0.2) is 10.5 Å². The summed E-state index contributed by atoms with van der Waals surface area (Å²) in [5.41, 5.74) is 3.86. The highest BCUT2D eigenvalue weighted by atomic mass is 16.3. The highest BCUT2D eigenvalue weighted by Crippen LogP contribution is 2.23. The molecular formula is C13H14O.